The minimum absolute atomic E-state index is 0.241. The summed E-state index contributed by atoms with van der Waals surface area (Å²) in [4.78, 5) is 11.6. The molecule has 0 saturated heterocycles. The maximum atomic E-state index is 12.7. The van der Waals surface area contributed by atoms with Gasteiger partial charge in [-0.3, -0.25) is 4.79 Å². The number of ketones is 1. The third kappa shape index (κ3) is 1.81. The van der Waals surface area contributed by atoms with Gasteiger partial charge in [0.05, 0.1) is 0 Å². The fourth-order valence-electron chi connectivity index (χ4n) is 2.21. The fraction of sp³-hybridized carbons (Fsp3) is 0.0714. The molecule has 0 spiro atoms. The molecular formula is C14H7F3OS. The zero-order valence-corrected chi connectivity index (χ0v) is 10.3. The number of halogens is 3. The topological polar surface area (TPSA) is 17.1 Å². The lowest BCUT2D eigenvalue weighted by Crippen LogP contribution is -2.22. The highest BCUT2D eigenvalue weighted by molar-refractivity contribution is 7.18. The zero-order chi connectivity index (χ0) is 13.6. The summed E-state index contributed by atoms with van der Waals surface area (Å²) in [5.74, 6) is -1.78. The van der Waals surface area contributed by atoms with Crippen LogP contribution in [-0.4, -0.2) is 12.0 Å². The van der Waals surface area contributed by atoms with E-state index in [1.54, 1.807) is 41.8 Å². The zero-order valence-electron chi connectivity index (χ0n) is 9.49. The minimum Gasteiger partial charge on any atom is -0.284 e. The van der Waals surface area contributed by atoms with E-state index < -0.39 is 12.0 Å². The number of hydrogen-bond donors (Lipinski definition) is 0. The van der Waals surface area contributed by atoms with Crippen molar-refractivity contribution < 1.29 is 18.0 Å². The molecule has 3 rings (SSSR count). The number of carbonyl (C=O) groups excluding carboxylic acids is 1. The van der Waals surface area contributed by atoms with Crippen molar-refractivity contribution in [3.63, 3.8) is 0 Å². The monoisotopic (exact) mass is 280 g/mol. The first-order valence-electron chi connectivity index (χ1n) is 5.49. The van der Waals surface area contributed by atoms with Crippen LogP contribution in [0.3, 0.4) is 0 Å². The van der Waals surface area contributed by atoms with E-state index in [9.17, 15) is 18.0 Å². The number of carbonyl (C=O) groups is 1. The Labute approximate surface area is 110 Å². The highest BCUT2D eigenvalue weighted by Crippen LogP contribution is 2.43. The lowest BCUT2D eigenvalue weighted by Gasteiger charge is -2.05. The Kier molecular flexibility index (Phi) is 2.60. The van der Waals surface area contributed by atoms with Crippen LogP contribution in [0.5, 0.6) is 0 Å². The highest BCUT2D eigenvalue weighted by Gasteiger charge is 2.42. The van der Waals surface area contributed by atoms with Gasteiger partial charge in [0, 0.05) is 21.2 Å². The molecule has 0 fully saturated rings. The lowest BCUT2D eigenvalue weighted by molar-refractivity contribution is -0.0883. The minimum atomic E-state index is -4.86. The molecule has 2 aliphatic rings. The van der Waals surface area contributed by atoms with Gasteiger partial charge in [-0.05, 0) is 17.0 Å². The number of alkyl halides is 3. The van der Waals surface area contributed by atoms with Crippen LogP contribution in [0.4, 0.5) is 13.2 Å². The molecule has 1 aromatic rings. The summed E-state index contributed by atoms with van der Waals surface area (Å²) in [6.07, 6.45) is -4.86. The van der Waals surface area contributed by atoms with Crippen LogP contribution < -0.4 is 0 Å². The molecule has 0 bridgehead atoms. The second kappa shape index (κ2) is 4.06. The van der Waals surface area contributed by atoms with Gasteiger partial charge in [-0.15, -0.1) is 11.3 Å². The molecule has 0 unspecified atom stereocenters. The van der Waals surface area contributed by atoms with E-state index in [1.807, 2.05) is 0 Å². The Morgan fingerprint density at radius 2 is 1.68 bits per heavy atom. The molecule has 1 aromatic heterocycles. The normalized spacial score (nSPS) is 12.2. The van der Waals surface area contributed by atoms with Crippen LogP contribution in [0.2, 0.25) is 0 Å². The van der Waals surface area contributed by atoms with Crippen LogP contribution in [0.25, 0.3) is 21.2 Å². The second-order valence-corrected chi connectivity index (χ2v) is 5.02. The predicted molar refractivity (Wildman–Crippen MR) is 68.8 cm³/mol. The number of Topliss-reactive ketones (excluding diaryl/α,β-unsaturated/α-hetero) is 1. The molecule has 1 nitrogen and oxygen atoms in total. The molecule has 0 aliphatic heterocycles. The summed E-state index contributed by atoms with van der Waals surface area (Å²) in [6.45, 7) is 0. The van der Waals surface area contributed by atoms with Crippen molar-refractivity contribution in [3.05, 3.63) is 47.3 Å². The average molecular weight is 280 g/mol. The van der Waals surface area contributed by atoms with Gasteiger partial charge in [-0.1, -0.05) is 30.3 Å². The Morgan fingerprint density at radius 3 is 2.37 bits per heavy atom. The van der Waals surface area contributed by atoms with E-state index in [0.717, 1.165) is 4.70 Å². The maximum absolute atomic E-state index is 12.7. The van der Waals surface area contributed by atoms with Gasteiger partial charge in [-0.25, -0.2) is 0 Å². The number of hydrogen-bond acceptors (Lipinski definition) is 2. The van der Waals surface area contributed by atoms with E-state index in [-0.39, 0.29) is 5.56 Å². The van der Waals surface area contributed by atoms with E-state index in [4.69, 9.17) is 0 Å². The Bertz CT molecular complexity index is 742. The maximum Gasteiger partial charge on any atom is 0.454 e. The van der Waals surface area contributed by atoms with Crippen LogP contribution >= 0.6 is 11.3 Å². The molecule has 1 heterocycles. The molecule has 0 aromatic carbocycles. The predicted octanol–water partition coefficient (Wildman–Crippen LogP) is 4.75. The van der Waals surface area contributed by atoms with Crippen molar-refractivity contribution in [3.8, 4) is 11.1 Å². The number of rotatable bonds is 1. The second-order valence-electron chi connectivity index (χ2n) is 4.10. The Hall–Kier alpha value is -1.88. The van der Waals surface area contributed by atoms with Crippen molar-refractivity contribution in [1.82, 2.24) is 0 Å². The number of fused-ring (bicyclic) bond motifs is 3. The SMILES string of the molecule is O=C(c1c2cccccc-2c2sccc12)C(F)(F)F. The average Bonchev–Trinajstić information content (AvgIpc) is 2.81. The molecule has 5 heteroatoms. The first kappa shape index (κ1) is 12.2. The first-order valence-corrected chi connectivity index (χ1v) is 6.37. The van der Waals surface area contributed by atoms with Crippen molar-refractivity contribution in [2.24, 2.45) is 0 Å². The fourth-order valence-corrected chi connectivity index (χ4v) is 3.15. The van der Waals surface area contributed by atoms with E-state index in [1.165, 1.54) is 11.3 Å². The Balaban J connectivity index is 2.40. The van der Waals surface area contributed by atoms with Crippen molar-refractivity contribution in [2.75, 3.05) is 0 Å². The van der Waals surface area contributed by atoms with E-state index in [0.29, 0.717) is 16.5 Å². The third-order valence-electron chi connectivity index (χ3n) is 2.97. The van der Waals surface area contributed by atoms with Gasteiger partial charge in [0.1, 0.15) is 0 Å². The smallest absolute Gasteiger partial charge is 0.284 e. The van der Waals surface area contributed by atoms with Crippen LogP contribution in [-0.2, 0) is 0 Å². The van der Waals surface area contributed by atoms with Crippen LogP contribution in [0, 0.1) is 0 Å². The quantitative estimate of drug-likeness (QED) is 0.588. The molecule has 19 heavy (non-hydrogen) atoms. The standard InChI is InChI=1S/C14H7F3OS/c15-14(16,17)13(18)11-8-4-2-1-3-5-9(8)12-10(11)6-7-19-12/h1-7H. The van der Waals surface area contributed by atoms with Crippen LogP contribution in [0.15, 0.2) is 41.8 Å². The summed E-state index contributed by atoms with van der Waals surface area (Å²) in [5, 5.41) is 2.08. The molecular weight excluding hydrogens is 273 g/mol. The first-order chi connectivity index (χ1) is 9.00. The van der Waals surface area contributed by atoms with E-state index in [2.05, 4.69) is 0 Å². The van der Waals surface area contributed by atoms with Crippen molar-refractivity contribution in [1.29, 1.82) is 0 Å². The summed E-state index contributed by atoms with van der Waals surface area (Å²) < 4.78 is 38.9. The summed E-state index contributed by atoms with van der Waals surface area (Å²) in [5.41, 5.74) is 0.798. The summed E-state index contributed by atoms with van der Waals surface area (Å²) >= 11 is 1.34. The van der Waals surface area contributed by atoms with Gasteiger partial charge >= 0.3 is 6.18 Å². The molecule has 0 N–H and O–H groups in total. The largest absolute Gasteiger partial charge is 0.454 e. The third-order valence-corrected chi connectivity index (χ3v) is 3.92. The lowest BCUT2D eigenvalue weighted by atomic mass is 10.1. The molecule has 96 valence electrons. The molecule has 0 amide bonds. The highest BCUT2D eigenvalue weighted by atomic mass is 32.1. The number of thiophene rings is 1. The van der Waals surface area contributed by atoms with Gasteiger partial charge in [0.25, 0.3) is 5.78 Å². The van der Waals surface area contributed by atoms with Crippen molar-refractivity contribution in [2.45, 2.75) is 6.18 Å². The van der Waals surface area contributed by atoms with Gasteiger partial charge in [0.2, 0.25) is 0 Å². The Morgan fingerprint density at radius 1 is 1.00 bits per heavy atom. The van der Waals surface area contributed by atoms with Gasteiger partial charge < -0.3 is 0 Å². The van der Waals surface area contributed by atoms with Gasteiger partial charge in [-0.2, -0.15) is 13.2 Å². The summed E-state index contributed by atoms with van der Waals surface area (Å²) in [7, 11) is 0. The molecule has 2 aliphatic carbocycles. The van der Waals surface area contributed by atoms with Crippen LogP contribution in [0.1, 0.15) is 10.4 Å². The van der Waals surface area contributed by atoms with E-state index >= 15 is 0 Å². The molecule has 0 saturated carbocycles. The molecule has 0 radical (unpaired) electrons. The van der Waals surface area contributed by atoms with Crippen molar-refractivity contribution >= 4 is 27.2 Å². The molecule has 0 atom stereocenters. The van der Waals surface area contributed by atoms with Gasteiger partial charge in [0.15, 0.2) is 0 Å². The summed E-state index contributed by atoms with van der Waals surface area (Å²) in [6, 6.07) is 9.98.